The Hall–Kier alpha value is -0.800. The molecule has 0 aliphatic carbocycles. The van der Waals surface area contributed by atoms with Crippen molar-refractivity contribution >= 4 is 5.91 Å². The van der Waals surface area contributed by atoms with E-state index in [1.807, 2.05) is 5.32 Å². The predicted molar refractivity (Wildman–Crippen MR) is 47.9 cm³/mol. The molecule has 0 aromatic rings. The highest BCUT2D eigenvalue weighted by atomic mass is 19.1. The van der Waals surface area contributed by atoms with E-state index in [0.717, 1.165) is 0 Å². The maximum Gasteiger partial charge on any atom is 0.251 e. The molecule has 1 heterocycles. The Morgan fingerprint density at radius 2 is 1.94 bits per heavy atom. The lowest BCUT2D eigenvalue weighted by Crippen LogP contribution is -2.64. The van der Waals surface area contributed by atoms with E-state index in [0.29, 0.717) is 0 Å². The van der Waals surface area contributed by atoms with Crippen LogP contribution in [-0.2, 0) is 9.53 Å². The molecule has 1 saturated heterocycles. The Labute approximate surface area is 90.5 Å². The molecule has 0 bridgehead atoms. The van der Waals surface area contributed by atoms with E-state index >= 15 is 0 Å². The lowest BCUT2D eigenvalue weighted by molar-refractivity contribution is -0.253. The number of carbonyl (C=O) groups excluding carboxylic acids is 1. The van der Waals surface area contributed by atoms with E-state index in [4.69, 9.17) is 9.84 Å². The van der Waals surface area contributed by atoms with Crippen LogP contribution in [0.25, 0.3) is 0 Å². The molecule has 0 aromatic heterocycles. The zero-order chi connectivity index (χ0) is 12.3. The first-order valence-electron chi connectivity index (χ1n) is 4.67. The number of rotatable bonds is 3. The molecule has 0 aromatic carbocycles. The fraction of sp³-hybridized carbons (Fsp3) is 0.875. The van der Waals surface area contributed by atoms with Crippen LogP contribution in [0.5, 0.6) is 0 Å². The number of halogens is 1. The molecule has 1 unspecified atom stereocenters. The van der Waals surface area contributed by atoms with E-state index in [-0.39, 0.29) is 0 Å². The summed E-state index contributed by atoms with van der Waals surface area (Å²) in [5.74, 6) is -1.04. The second-order valence-corrected chi connectivity index (χ2v) is 3.46. The maximum absolute atomic E-state index is 11.9. The van der Waals surface area contributed by atoms with Crippen molar-refractivity contribution in [1.82, 2.24) is 5.32 Å². The van der Waals surface area contributed by atoms with Crippen molar-refractivity contribution in [2.75, 3.05) is 13.3 Å². The Balaban J connectivity index is 2.67. The van der Waals surface area contributed by atoms with Gasteiger partial charge in [0, 0.05) is 0 Å². The van der Waals surface area contributed by atoms with Crippen molar-refractivity contribution in [1.29, 1.82) is 0 Å². The molecule has 0 radical (unpaired) electrons. The molecule has 8 heteroatoms. The number of aliphatic hydroxyl groups excluding tert-OH is 4. The topological polar surface area (TPSA) is 119 Å². The van der Waals surface area contributed by atoms with E-state index in [2.05, 4.69) is 0 Å². The summed E-state index contributed by atoms with van der Waals surface area (Å²) >= 11 is 0. The number of nitrogens with one attached hydrogen (secondary N) is 1. The van der Waals surface area contributed by atoms with Gasteiger partial charge in [0.1, 0.15) is 24.4 Å². The first-order valence-corrected chi connectivity index (χ1v) is 4.67. The minimum absolute atomic E-state index is 0.598. The van der Waals surface area contributed by atoms with Crippen LogP contribution >= 0.6 is 0 Å². The lowest BCUT2D eigenvalue weighted by Gasteiger charge is -2.40. The number of ether oxygens (including phenoxy) is 1. The van der Waals surface area contributed by atoms with Gasteiger partial charge in [-0.2, -0.15) is 0 Å². The van der Waals surface area contributed by atoms with Gasteiger partial charge in [-0.25, -0.2) is 4.39 Å². The quantitative estimate of drug-likeness (QED) is 0.355. The van der Waals surface area contributed by atoms with Gasteiger partial charge in [0.25, 0.3) is 5.91 Å². The average Bonchev–Trinajstić information content (AvgIpc) is 2.28. The Morgan fingerprint density at radius 1 is 1.31 bits per heavy atom. The van der Waals surface area contributed by atoms with Crippen molar-refractivity contribution in [3.05, 3.63) is 0 Å². The molecule has 7 nitrogen and oxygen atoms in total. The molecule has 0 saturated carbocycles. The minimum Gasteiger partial charge on any atom is -0.394 e. The SMILES string of the molecule is O=C(CF)N[C@@H]1C(O)O[C@H](CO)[C@@H](O)[C@@H]1O. The van der Waals surface area contributed by atoms with E-state index in [1.54, 1.807) is 0 Å². The largest absolute Gasteiger partial charge is 0.394 e. The molecule has 16 heavy (non-hydrogen) atoms. The molecular weight excluding hydrogens is 225 g/mol. The second-order valence-electron chi connectivity index (χ2n) is 3.46. The molecule has 1 rings (SSSR count). The highest BCUT2D eigenvalue weighted by Crippen LogP contribution is 2.19. The standard InChI is InChI=1S/C8H14FNO6/c9-1-4(12)10-5-7(14)6(13)3(2-11)16-8(5)15/h3,5-8,11,13-15H,1-2H2,(H,10,12)/t3-,5+,6-,7-,8?/m1/s1. The lowest BCUT2D eigenvalue weighted by atomic mass is 9.97. The smallest absolute Gasteiger partial charge is 0.251 e. The van der Waals surface area contributed by atoms with Gasteiger partial charge < -0.3 is 30.5 Å². The monoisotopic (exact) mass is 239 g/mol. The van der Waals surface area contributed by atoms with Crippen LogP contribution in [0.15, 0.2) is 0 Å². The number of aliphatic hydroxyl groups is 4. The van der Waals surface area contributed by atoms with Gasteiger partial charge >= 0.3 is 0 Å². The zero-order valence-corrected chi connectivity index (χ0v) is 8.28. The van der Waals surface area contributed by atoms with Crippen LogP contribution in [0.1, 0.15) is 0 Å². The number of alkyl halides is 1. The van der Waals surface area contributed by atoms with Gasteiger partial charge in [-0.3, -0.25) is 4.79 Å². The van der Waals surface area contributed by atoms with E-state index in [1.165, 1.54) is 0 Å². The number of amides is 1. The molecule has 5 N–H and O–H groups in total. The van der Waals surface area contributed by atoms with Crippen molar-refractivity contribution in [2.45, 2.75) is 30.6 Å². The molecular formula is C8H14FNO6. The summed E-state index contributed by atoms with van der Waals surface area (Å²) in [5, 5.41) is 39.0. The summed E-state index contributed by atoms with van der Waals surface area (Å²) in [4.78, 5) is 10.7. The zero-order valence-electron chi connectivity index (χ0n) is 8.28. The van der Waals surface area contributed by atoms with Crippen LogP contribution in [0.4, 0.5) is 4.39 Å². The minimum atomic E-state index is -1.62. The first-order chi connectivity index (χ1) is 7.51. The second kappa shape index (κ2) is 5.51. The fourth-order valence-corrected chi connectivity index (χ4v) is 1.48. The van der Waals surface area contributed by atoms with Crippen molar-refractivity contribution in [2.24, 2.45) is 0 Å². The van der Waals surface area contributed by atoms with Gasteiger partial charge in [-0.15, -0.1) is 0 Å². The molecule has 0 spiro atoms. The third kappa shape index (κ3) is 2.66. The molecule has 1 aliphatic heterocycles. The van der Waals surface area contributed by atoms with E-state index in [9.17, 15) is 24.5 Å². The number of carbonyl (C=O) groups is 1. The number of hydrogen-bond acceptors (Lipinski definition) is 6. The Kier molecular flexibility index (Phi) is 4.56. The Bertz CT molecular complexity index is 253. The summed E-state index contributed by atoms with van der Waals surface area (Å²) in [6, 6.07) is -1.33. The van der Waals surface area contributed by atoms with Crippen LogP contribution < -0.4 is 5.32 Å². The highest BCUT2D eigenvalue weighted by molar-refractivity contribution is 5.77. The van der Waals surface area contributed by atoms with Gasteiger partial charge in [-0.1, -0.05) is 0 Å². The molecule has 94 valence electrons. The van der Waals surface area contributed by atoms with Crippen molar-refractivity contribution in [3.63, 3.8) is 0 Å². The van der Waals surface area contributed by atoms with Gasteiger partial charge in [-0.05, 0) is 0 Å². The highest BCUT2D eigenvalue weighted by Gasteiger charge is 2.44. The van der Waals surface area contributed by atoms with Gasteiger partial charge in [0.05, 0.1) is 6.61 Å². The molecule has 5 atom stereocenters. The van der Waals surface area contributed by atoms with Crippen LogP contribution in [0.3, 0.4) is 0 Å². The fourth-order valence-electron chi connectivity index (χ4n) is 1.48. The maximum atomic E-state index is 11.9. The Morgan fingerprint density at radius 3 is 2.44 bits per heavy atom. The van der Waals surface area contributed by atoms with E-state index < -0.39 is 49.8 Å². The summed E-state index contributed by atoms with van der Waals surface area (Å²) in [7, 11) is 0. The summed E-state index contributed by atoms with van der Waals surface area (Å²) in [6.45, 7) is -1.91. The summed E-state index contributed by atoms with van der Waals surface area (Å²) < 4.78 is 16.7. The van der Waals surface area contributed by atoms with Gasteiger partial charge in [0.2, 0.25) is 0 Å². The third-order valence-electron chi connectivity index (χ3n) is 2.35. The normalized spacial score (nSPS) is 39.4. The predicted octanol–water partition coefficient (Wildman–Crippen LogP) is -3.13. The van der Waals surface area contributed by atoms with Crippen LogP contribution in [-0.4, -0.2) is 70.3 Å². The molecule has 1 amide bonds. The third-order valence-corrected chi connectivity index (χ3v) is 2.35. The summed E-state index contributed by atoms with van der Waals surface area (Å²) in [6.07, 6.45) is -5.79. The van der Waals surface area contributed by atoms with Crippen LogP contribution in [0, 0.1) is 0 Å². The van der Waals surface area contributed by atoms with Crippen molar-refractivity contribution < 1.29 is 34.3 Å². The van der Waals surface area contributed by atoms with Crippen LogP contribution in [0.2, 0.25) is 0 Å². The number of hydrogen-bond donors (Lipinski definition) is 5. The van der Waals surface area contributed by atoms with Crippen molar-refractivity contribution in [3.8, 4) is 0 Å². The molecule has 1 fully saturated rings. The van der Waals surface area contributed by atoms with Gasteiger partial charge in [0.15, 0.2) is 13.0 Å². The first kappa shape index (κ1) is 13.3. The molecule has 1 aliphatic rings. The summed E-state index contributed by atoms with van der Waals surface area (Å²) in [5.41, 5.74) is 0. The average molecular weight is 239 g/mol.